The summed E-state index contributed by atoms with van der Waals surface area (Å²) in [6.45, 7) is 4.35. The first kappa shape index (κ1) is 16.8. The van der Waals surface area contributed by atoms with Gasteiger partial charge in [0.2, 0.25) is 5.89 Å². The average Bonchev–Trinajstić information content (AvgIpc) is 3.03. The predicted molar refractivity (Wildman–Crippen MR) is 83.6 cm³/mol. The zero-order chi connectivity index (χ0) is 16.4. The monoisotopic (exact) mass is 344 g/mol. The summed E-state index contributed by atoms with van der Waals surface area (Å²) in [6.07, 6.45) is 1.92. The Kier molecular flexibility index (Phi) is 5.00. The summed E-state index contributed by atoms with van der Waals surface area (Å²) in [5.41, 5.74) is 0. The van der Waals surface area contributed by atoms with Crippen LogP contribution in [0.1, 0.15) is 31.5 Å². The summed E-state index contributed by atoms with van der Waals surface area (Å²) in [5.74, 6) is 1.22. The van der Waals surface area contributed by atoms with Gasteiger partial charge < -0.3 is 14.9 Å². The van der Waals surface area contributed by atoms with Crippen molar-refractivity contribution in [2.75, 3.05) is 24.6 Å². The molecule has 130 valence electrons. The van der Waals surface area contributed by atoms with Crippen LogP contribution in [0, 0.1) is 0 Å². The summed E-state index contributed by atoms with van der Waals surface area (Å²) in [4.78, 5) is 6.56. The van der Waals surface area contributed by atoms with E-state index in [4.69, 9.17) is 4.52 Å². The molecule has 8 nitrogen and oxygen atoms in total. The highest BCUT2D eigenvalue weighted by Gasteiger charge is 2.37. The van der Waals surface area contributed by atoms with E-state index in [-0.39, 0.29) is 23.6 Å². The fraction of sp³-hybridized carbons (Fsp3) is 0.857. The second-order valence-corrected chi connectivity index (χ2v) is 8.60. The van der Waals surface area contributed by atoms with E-state index in [1.165, 1.54) is 0 Å². The van der Waals surface area contributed by atoms with Gasteiger partial charge in [-0.1, -0.05) is 12.1 Å². The highest BCUT2D eigenvalue weighted by molar-refractivity contribution is 7.91. The average molecular weight is 344 g/mol. The van der Waals surface area contributed by atoms with E-state index in [9.17, 15) is 13.5 Å². The fourth-order valence-corrected chi connectivity index (χ4v) is 5.08. The molecule has 0 radical (unpaired) electrons. The molecule has 0 aliphatic carbocycles. The number of aryl methyl sites for hydroxylation is 1. The Morgan fingerprint density at radius 3 is 2.91 bits per heavy atom. The molecule has 0 amide bonds. The molecule has 0 spiro atoms. The zero-order valence-corrected chi connectivity index (χ0v) is 14.1. The lowest BCUT2D eigenvalue weighted by atomic mass is 10.0. The van der Waals surface area contributed by atoms with E-state index >= 15 is 0 Å². The standard InChI is InChI=1S/C14H24N4O4S/c1-2-14-16-13(17-22-14)7-18-5-3-4-10(6-18)15-11-8-23(20,21)9-12(11)19/h10-12,15,19H,2-9H2,1H3/t10-,11+,12-/m0/s1. The van der Waals surface area contributed by atoms with Crippen molar-refractivity contribution in [1.82, 2.24) is 20.4 Å². The summed E-state index contributed by atoms with van der Waals surface area (Å²) in [6, 6.07) is -0.184. The molecule has 0 bridgehead atoms. The van der Waals surface area contributed by atoms with Crippen LogP contribution in [0.25, 0.3) is 0 Å². The lowest BCUT2D eigenvalue weighted by molar-refractivity contribution is 0.130. The van der Waals surface area contributed by atoms with E-state index in [0.717, 1.165) is 32.4 Å². The van der Waals surface area contributed by atoms with Crippen molar-refractivity contribution in [3.8, 4) is 0 Å². The molecule has 2 aliphatic heterocycles. The van der Waals surface area contributed by atoms with Crippen molar-refractivity contribution in [2.45, 2.75) is 50.9 Å². The van der Waals surface area contributed by atoms with Crippen LogP contribution in [0.4, 0.5) is 0 Å². The largest absolute Gasteiger partial charge is 0.390 e. The van der Waals surface area contributed by atoms with Gasteiger partial charge in [-0.15, -0.1) is 0 Å². The van der Waals surface area contributed by atoms with Crippen LogP contribution >= 0.6 is 0 Å². The molecule has 2 fully saturated rings. The van der Waals surface area contributed by atoms with Crippen LogP contribution in [0.2, 0.25) is 0 Å². The maximum Gasteiger partial charge on any atom is 0.226 e. The molecular weight excluding hydrogens is 320 g/mol. The van der Waals surface area contributed by atoms with Crippen LogP contribution in [0.15, 0.2) is 4.52 Å². The second kappa shape index (κ2) is 6.84. The van der Waals surface area contributed by atoms with E-state index in [2.05, 4.69) is 20.4 Å². The number of hydrogen-bond acceptors (Lipinski definition) is 8. The Morgan fingerprint density at radius 1 is 1.43 bits per heavy atom. The number of hydrogen-bond donors (Lipinski definition) is 2. The lowest BCUT2D eigenvalue weighted by Gasteiger charge is -2.34. The normalized spacial score (nSPS) is 31.5. The Hall–Kier alpha value is -1.03. The van der Waals surface area contributed by atoms with Crippen molar-refractivity contribution in [1.29, 1.82) is 0 Å². The molecule has 0 unspecified atom stereocenters. The first-order valence-electron chi connectivity index (χ1n) is 8.13. The van der Waals surface area contributed by atoms with Crippen molar-refractivity contribution in [3.63, 3.8) is 0 Å². The van der Waals surface area contributed by atoms with Crippen molar-refractivity contribution in [2.24, 2.45) is 0 Å². The Balaban J connectivity index is 1.54. The molecule has 0 saturated carbocycles. The van der Waals surface area contributed by atoms with Gasteiger partial charge >= 0.3 is 0 Å². The Bertz CT molecular complexity index is 632. The zero-order valence-electron chi connectivity index (χ0n) is 13.3. The molecular formula is C14H24N4O4S. The van der Waals surface area contributed by atoms with Gasteiger partial charge in [0, 0.05) is 25.0 Å². The molecule has 0 aromatic carbocycles. The van der Waals surface area contributed by atoms with Crippen LogP contribution < -0.4 is 5.32 Å². The number of aliphatic hydroxyl groups is 1. The SMILES string of the molecule is CCc1nc(CN2CCC[C@H](N[C@@H]3CS(=O)(=O)C[C@@H]3O)C2)no1. The van der Waals surface area contributed by atoms with Crippen molar-refractivity contribution >= 4 is 9.84 Å². The number of aromatic nitrogens is 2. The molecule has 9 heteroatoms. The van der Waals surface area contributed by atoms with Crippen molar-refractivity contribution < 1.29 is 18.0 Å². The first-order valence-corrected chi connectivity index (χ1v) is 9.95. The molecule has 1 aromatic rings. The van der Waals surface area contributed by atoms with Crippen LogP contribution in [0.3, 0.4) is 0 Å². The van der Waals surface area contributed by atoms with Crippen molar-refractivity contribution in [3.05, 3.63) is 11.7 Å². The maximum atomic E-state index is 11.6. The van der Waals surface area contributed by atoms with E-state index in [1.54, 1.807) is 0 Å². The fourth-order valence-electron chi connectivity index (χ4n) is 3.32. The molecule has 3 heterocycles. The minimum atomic E-state index is -3.12. The third-order valence-corrected chi connectivity index (χ3v) is 6.17. The smallest absolute Gasteiger partial charge is 0.226 e. The summed E-state index contributed by atoms with van der Waals surface area (Å²) >= 11 is 0. The molecule has 3 atom stereocenters. The molecule has 2 N–H and O–H groups in total. The molecule has 2 aliphatic rings. The number of likely N-dealkylation sites (tertiary alicyclic amines) is 1. The van der Waals surface area contributed by atoms with Gasteiger partial charge in [0.25, 0.3) is 0 Å². The van der Waals surface area contributed by atoms with Crippen LogP contribution in [-0.4, -0.2) is 71.3 Å². The minimum absolute atomic E-state index is 0.0232. The van der Waals surface area contributed by atoms with E-state index in [0.29, 0.717) is 18.3 Å². The number of nitrogens with zero attached hydrogens (tertiary/aromatic N) is 3. The van der Waals surface area contributed by atoms with Gasteiger partial charge in [0.1, 0.15) is 0 Å². The molecule has 23 heavy (non-hydrogen) atoms. The number of aliphatic hydroxyl groups excluding tert-OH is 1. The van der Waals surface area contributed by atoms with Gasteiger partial charge in [-0.25, -0.2) is 8.42 Å². The van der Waals surface area contributed by atoms with Gasteiger partial charge in [0.15, 0.2) is 15.7 Å². The van der Waals surface area contributed by atoms with E-state index < -0.39 is 15.9 Å². The first-order chi connectivity index (χ1) is 10.9. The van der Waals surface area contributed by atoms with Gasteiger partial charge in [-0.3, -0.25) is 4.90 Å². The van der Waals surface area contributed by atoms with Gasteiger partial charge in [0.05, 0.1) is 24.2 Å². The quantitative estimate of drug-likeness (QED) is 0.725. The van der Waals surface area contributed by atoms with Crippen LogP contribution in [-0.2, 0) is 22.8 Å². The number of sulfone groups is 1. The summed E-state index contributed by atoms with van der Waals surface area (Å²) < 4.78 is 28.3. The molecule has 3 rings (SSSR count). The highest BCUT2D eigenvalue weighted by Crippen LogP contribution is 2.17. The van der Waals surface area contributed by atoms with Gasteiger partial charge in [-0.05, 0) is 19.4 Å². The molecule has 2 saturated heterocycles. The summed E-state index contributed by atoms with van der Waals surface area (Å²) in [5, 5.41) is 17.2. The maximum absolute atomic E-state index is 11.6. The van der Waals surface area contributed by atoms with Crippen LogP contribution in [0.5, 0.6) is 0 Å². The topological polar surface area (TPSA) is 109 Å². The minimum Gasteiger partial charge on any atom is -0.390 e. The van der Waals surface area contributed by atoms with Gasteiger partial charge in [-0.2, -0.15) is 4.98 Å². The lowest BCUT2D eigenvalue weighted by Crippen LogP contribution is -2.52. The third kappa shape index (κ3) is 4.28. The number of nitrogens with one attached hydrogen (secondary N) is 1. The number of rotatable bonds is 5. The number of piperidine rings is 1. The highest BCUT2D eigenvalue weighted by atomic mass is 32.2. The third-order valence-electron chi connectivity index (χ3n) is 4.46. The summed E-state index contributed by atoms with van der Waals surface area (Å²) in [7, 11) is -3.12. The second-order valence-electron chi connectivity index (χ2n) is 6.45. The predicted octanol–water partition coefficient (Wildman–Crippen LogP) is -0.656. The Labute approximate surface area is 136 Å². The Morgan fingerprint density at radius 2 is 2.26 bits per heavy atom. The molecule has 1 aromatic heterocycles. The van der Waals surface area contributed by atoms with E-state index in [1.807, 2.05) is 6.92 Å².